The second kappa shape index (κ2) is 8.15. The predicted octanol–water partition coefficient (Wildman–Crippen LogP) is 2.49. The van der Waals surface area contributed by atoms with E-state index < -0.39 is 0 Å². The number of hydrogen-bond donors (Lipinski definition) is 0. The Morgan fingerprint density at radius 2 is 1.62 bits per heavy atom. The van der Waals surface area contributed by atoms with Crippen LogP contribution in [0.5, 0.6) is 0 Å². The molecule has 0 aromatic carbocycles. The van der Waals surface area contributed by atoms with E-state index in [9.17, 15) is 4.79 Å². The molecule has 2 aliphatic carbocycles. The molecule has 4 rings (SSSR count). The monoisotopic (exact) mass is 363 g/mol. The molecule has 5 nitrogen and oxygen atoms in total. The highest BCUT2D eigenvalue weighted by Crippen LogP contribution is 2.35. The zero-order chi connectivity index (χ0) is 18.1. The average Bonchev–Trinajstić information content (AvgIpc) is 3.07. The lowest BCUT2D eigenvalue weighted by molar-refractivity contribution is -0.135. The Kier molecular flexibility index (Phi) is 5.87. The maximum absolute atomic E-state index is 13.2. The minimum atomic E-state index is 0.322. The summed E-state index contributed by atoms with van der Waals surface area (Å²) in [5, 5.41) is 0. The van der Waals surface area contributed by atoms with Crippen LogP contribution in [0, 0.1) is 0 Å². The summed E-state index contributed by atoms with van der Waals surface area (Å²) < 4.78 is 5.88. The minimum absolute atomic E-state index is 0.322. The van der Waals surface area contributed by atoms with Gasteiger partial charge >= 0.3 is 0 Å². The van der Waals surface area contributed by atoms with Crippen molar-refractivity contribution in [1.82, 2.24) is 14.7 Å². The van der Waals surface area contributed by atoms with Crippen LogP contribution < -0.4 is 0 Å². The van der Waals surface area contributed by atoms with Crippen LogP contribution in [-0.2, 0) is 9.53 Å². The second-order valence-corrected chi connectivity index (χ2v) is 9.21. The molecule has 0 radical (unpaired) electrons. The number of carbonyl (C=O) groups is 1. The molecule has 26 heavy (non-hydrogen) atoms. The van der Waals surface area contributed by atoms with Crippen molar-refractivity contribution < 1.29 is 9.53 Å². The first-order valence-electron chi connectivity index (χ1n) is 11.0. The third-order valence-corrected chi connectivity index (χ3v) is 6.75. The fourth-order valence-corrected chi connectivity index (χ4v) is 5.54. The molecule has 0 spiro atoms. The highest BCUT2D eigenvalue weighted by Gasteiger charge is 2.40. The molecule has 2 saturated carbocycles. The Morgan fingerprint density at radius 1 is 0.962 bits per heavy atom. The van der Waals surface area contributed by atoms with Gasteiger partial charge in [-0.15, -0.1) is 0 Å². The summed E-state index contributed by atoms with van der Waals surface area (Å²) >= 11 is 0. The van der Waals surface area contributed by atoms with Gasteiger partial charge < -0.3 is 9.64 Å². The summed E-state index contributed by atoms with van der Waals surface area (Å²) in [5.74, 6) is 0.412. The van der Waals surface area contributed by atoms with Gasteiger partial charge in [0.05, 0.1) is 18.8 Å². The van der Waals surface area contributed by atoms with Crippen molar-refractivity contribution >= 4 is 5.91 Å². The quantitative estimate of drug-likeness (QED) is 0.726. The van der Waals surface area contributed by atoms with E-state index in [1.165, 1.54) is 51.4 Å². The normalized spacial score (nSPS) is 34.5. The van der Waals surface area contributed by atoms with Gasteiger partial charge in [0.15, 0.2) is 0 Å². The van der Waals surface area contributed by atoms with Gasteiger partial charge in [0.2, 0.25) is 5.91 Å². The van der Waals surface area contributed by atoms with Gasteiger partial charge in [-0.2, -0.15) is 0 Å². The molecule has 148 valence electrons. The van der Waals surface area contributed by atoms with Crippen LogP contribution >= 0.6 is 0 Å². The zero-order valence-electron chi connectivity index (χ0n) is 16.7. The molecule has 3 unspecified atom stereocenters. The Balaban J connectivity index is 1.33. The van der Waals surface area contributed by atoms with Gasteiger partial charge in [-0.25, -0.2) is 0 Å². The van der Waals surface area contributed by atoms with Gasteiger partial charge in [0, 0.05) is 37.8 Å². The summed E-state index contributed by atoms with van der Waals surface area (Å²) in [6.45, 7) is 9.24. The second-order valence-electron chi connectivity index (χ2n) is 9.21. The van der Waals surface area contributed by atoms with Crippen molar-refractivity contribution in [3.05, 3.63) is 0 Å². The van der Waals surface area contributed by atoms with E-state index in [4.69, 9.17) is 4.74 Å². The fourth-order valence-electron chi connectivity index (χ4n) is 5.54. The van der Waals surface area contributed by atoms with E-state index in [-0.39, 0.29) is 0 Å². The Labute approximate surface area is 159 Å². The van der Waals surface area contributed by atoms with Gasteiger partial charge in [0.25, 0.3) is 0 Å². The highest BCUT2D eigenvalue weighted by atomic mass is 16.5. The molecule has 4 aliphatic rings. The van der Waals surface area contributed by atoms with E-state index in [2.05, 4.69) is 28.5 Å². The summed E-state index contributed by atoms with van der Waals surface area (Å²) in [6, 6.07) is 1.64. The SMILES string of the molecule is CC1CN(CC2CCCN2CC(=O)N(C2CCCC2)C2CC2)CC(C)O1. The largest absolute Gasteiger partial charge is 0.373 e. The number of morpholine rings is 1. The van der Waals surface area contributed by atoms with Crippen LogP contribution in [0.25, 0.3) is 0 Å². The molecule has 2 saturated heterocycles. The Hall–Kier alpha value is -0.650. The van der Waals surface area contributed by atoms with Crippen LogP contribution in [0.1, 0.15) is 65.2 Å². The van der Waals surface area contributed by atoms with E-state index in [0.717, 1.165) is 26.2 Å². The molecular weight excluding hydrogens is 326 g/mol. The lowest BCUT2D eigenvalue weighted by Gasteiger charge is -2.38. The molecule has 0 aromatic rings. The maximum Gasteiger partial charge on any atom is 0.237 e. The minimum Gasteiger partial charge on any atom is -0.373 e. The van der Waals surface area contributed by atoms with Gasteiger partial charge in [0.1, 0.15) is 0 Å². The molecule has 5 heteroatoms. The first-order valence-corrected chi connectivity index (χ1v) is 11.0. The number of amides is 1. The Bertz CT molecular complexity index is 480. The lowest BCUT2D eigenvalue weighted by Crippen LogP contribution is -2.52. The molecule has 2 aliphatic heterocycles. The molecule has 1 amide bonds. The number of carbonyl (C=O) groups excluding carboxylic acids is 1. The van der Waals surface area contributed by atoms with Crippen LogP contribution in [0.3, 0.4) is 0 Å². The zero-order valence-corrected chi connectivity index (χ0v) is 16.7. The highest BCUT2D eigenvalue weighted by molar-refractivity contribution is 5.79. The third-order valence-electron chi connectivity index (χ3n) is 6.75. The topological polar surface area (TPSA) is 36.0 Å². The molecule has 0 bridgehead atoms. The van der Waals surface area contributed by atoms with Crippen molar-refractivity contribution in [2.75, 3.05) is 32.7 Å². The third kappa shape index (κ3) is 4.42. The smallest absolute Gasteiger partial charge is 0.237 e. The number of likely N-dealkylation sites (tertiary alicyclic amines) is 1. The number of rotatable bonds is 6. The summed E-state index contributed by atoms with van der Waals surface area (Å²) in [7, 11) is 0. The summed E-state index contributed by atoms with van der Waals surface area (Å²) in [4.78, 5) is 20.5. The number of hydrogen-bond acceptors (Lipinski definition) is 4. The van der Waals surface area contributed by atoms with Crippen LogP contribution in [-0.4, -0.2) is 83.7 Å². The first-order chi connectivity index (χ1) is 12.6. The molecule has 0 aromatic heterocycles. The molecule has 3 atom stereocenters. The maximum atomic E-state index is 13.2. The first kappa shape index (κ1) is 18.7. The van der Waals surface area contributed by atoms with Crippen molar-refractivity contribution in [2.45, 2.75) is 95.5 Å². The standard InChI is InChI=1S/C21H37N3O2/c1-16-12-22(13-17(2)26-16)14-20-8-5-11-23(20)15-21(25)24(19-9-10-19)18-6-3-4-7-18/h16-20H,3-15H2,1-2H3. The molecule has 2 heterocycles. The predicted molar refractivity (Wildman–Crippen MR) is 103 cm³/mol. The van der Waals surface area contributed by atoms with Crippen molar-refractivity contribution in [1.29, 1.82) is 0 Å². The molecule has 4 fully saturated rings. The van der Waals surface area contributed by atoms with E-state index in [1.807, 2.05) is 0 Å². The average molecular weight is 364 g/mol. The van der Waals surface area contributed by atoms with E-state index in [0.29, 0.717) is 42.8 Å². The molecular formula is C21H37N3O2. The Morgan fingerprint density at radius 3 is 2.27 bits per heavy atom. The van der Waals surface area contributed by atoms with Crippen LogP contribution in [0.15, 0.2) is 0 Å². The van der Waals surface area contributed by atoms with Crippen molar-refractivity contribution in [2.24, 2.45) is 0 Å². The summed E-state index contributed by atoms with van der Waals surface area (Å²) in [6.07, 6.45) is 10.7. The molecule has 0 N–H and O–H groups in total. The number of ether oxygens (including phenoxy) is 1. The van der Waals surface area contributed by atoms with E-state index in [1.54, 1.807) is 0 Å². The number of nitrogens with zero attached hydrogens (tertiary/aromatic N) is 3. The van der Waals surface area contributed by atoms with Gasteiger partial charge in [-0.1, -0.05) is 12.8 Å². The van der Waals surface area contributed by atoms with Crippen LogP contribution in [0.2, 0.25) is 0 Å². The van der Waals surface area contributed by atoms with Crippen molar-refractivity contribution in [3.8, 4) is 0 Å². The lowest BCUT2D eigenvalue weighted by atomic mass is 10.1. The van der Waals surface area contributed by atoms with Gasteiger partial charge in [-0.05, 0) is 58.9 Å². The van der Waals surface area contributed by atoms with E-state index >= 15 is 0 Å². The summed E-state index contributed by atoms with van der Waals surface area (Å²) in [5.41, 5.74) is 0. The van der Waals surface area contributed by atoms with Gasteiger partial charge in [-0.3, -0.25) is 14.6 Å². The van der Waals surface area contributed by atoms with Crippen LogP contribution in [0.4, 0.5) is 0 Å². The van der Waals surface area contributed by atoms with Crippen molar-refractivity contribution in [3.63, 3.8) is 0 Å². The fraction of sp³-hybridized carbons (Fsp3) is 0.952.